The molecule has 1 aromatic carbocycles. The topological polar surface area (TPSA) is 53.1 Å². The Morgan fingerprint density at radius 1 is 1.07 bits per heavy atom. The minimum absolute atomic E-state index is 0.0264. The van der Waals surface area contributed by atoms with Crippen LogP contribution in [0.2, 0.25) is 0 Å². The zero-order chi connectivity index (χ0) is 19.8. The number of rotatable bonds is 7. The molecule has 1 aromatic rings. The molecule has 6 nitrogen and oxygen atoms in total. The molecule has 0 spiro atoms. The third-order valence-electron chi connectivity index (χ3n) is 4.68. The van der Waals surface area contributed by atoms with E-state index in [2.05, 4.69) is 9.64 Å². The lowest BCUT2D eigenvalue weighted by Gasteiger charge is -2.25. The second kappa shape index (κ2) is 10.2. The summed E-state index contributed by atoms with van der Waals surface area (Å²) in [5, 5.41) is 0. The Hall–Kier alpha value is -2.22. The number of benzene rings is 1. The number of amides is 2. The summed E-state index contributed by atoms with van der Waals surface area (Å²) < 4.78 is 28.7. The number of carbonyl (C=O) groups excluding carboxylic acids is 2. The Labute approximate surface area is 158 Å². The van der Waals surface area contributed by atoms with Gasteiger partial charge in [0.15, 0.2) is 0 Å². The summed E-state index contributed by atoms with van der Waals surface area (Å²) in [5.74, 6) is -0.0107. The van der Waals surface area contributed by atoms with Crippen molar-refractivity contribution in [2.24, 2.45) is 0 Å². The molecule has 0 atom stereocenters. The van der Waals surface area contributed by atoms with E-state index in [-0.39, 0.29) is 17.6 Å². The summed E-state index contributed by atoms with van der Waals surface area (Å²) in [4.78, 5) is 30.5. The molecule has 27 heavy (non-hydrogen) atoms. The number of hydrogen-bond donors (Lipinski definition) is 0. The molecule has 0 radical (unpaired) electrons. The van der Waals surface area contributed by atoms with E-state index in [1.165, 1.54) is 24.3 Å². The zero-order valence-electron chi connectivity index (χ0n) is 15.9. The minimum atomic E-state index is -2.89. The number of hydrogen-bond acceptors (Lipinski definition) is 4. The van der Waals surface area contributed by atoms with Crippen LogP contribution in [0.15, 0.2) is 24.3 Å². The van der Waals surface area contributed by atoms with Crippen LogP contribution in [0.4, 0.5) is 8.78 Å². The van der Waals surface area contributed by atoms with Crippen LogP contribution in [0.25, 0.3) is 0 Å². The fourth-order valence-electron chi connectivity index (χ4n) is 3.16. The first-order valence-corrected chi connectivity index (χ1v) is 9.28. The first-order chi connectivity index (χ1) is 12.9. The van der Waals surface area contributed by atoms with Crippen molar-refractivity contribution in [1.29, 1.82) is 0 Å². The van der Waals surface area contributed by atoms with Gasteiger partial charge in [-0.1, -0.05) is 0 Å². The van der Waals surface area contributed by atoms with Gasteiger partial charge in [-0.2, -0.15) is 8.78 Å². The fourth-order valence-corrected chi connectivity index (χ4v) is 3.16. The number of nitrogens with zero attached hydrogens (tertiary/aromatic N) is 3. The van der Waals surface area contributed by atoms with Crippen molar-refractivity contribution in [3.63, 3.8) is 0 Å². The SMILES string of the molecule is CCN(CC)C(=O)CN1CCCN(C(=O)c2ccc(OC(F)F)cc2)CC1. The molecule has 2 rings (SSSR count). The predicted octanol–water partition coefficient (Wildman–Crippen LogP) is 2.30. The monoisotopic (exact) mass is 383 g/mol. The van der Waals surface area contributed by atoms with E-state index in [1.807, 2.05) is 13.8 Å². The maximum absolute atomic E-state index is 12.7. The van der Waals surface area contributed by atoms with Crippen LogP contribution in [-0.4, -0.2) is 78.9 Å². The second-order valence-corrected chi connectivity index (χ2v) is 6.39. The quantitative estimate of drug-likeness (QED) is 0.725. The van der Waals surface area contributed by atoms with E-state index in [0.29, 0.717) is 44.8 Å². The Morgan fingerprint density at radius 3 is 2.33 bits per heavy atom. The first kappa shape index (κ1) is 21.1. The fraction of sp³-hybridized carbons (Fsp3) is 0.579. The van der Waals surface area contributed by atoms with Crippen molar-refractivity contribution in [1.82, 2.24) is 14.7 Å². The van der Waals surface area contributed by atoms with Gasteiger partial charge in [0.2, 0.25) is 5.91 Å². The van der Waals surface area contributed by atoms with Crippen LogP contribution in [0.5, 0.6) is 5.75 Å². The van der Waals surface area contributed by atoms with E-state index < -0.39 is 6.61 Å². The van der Waals surface area contributed by atoms with Gasteiger partial charge in [0.25, 0.3) is 5.91 Å². The smallest absolute Gasteiger partial charge is 0.387 e. The second-order valence-electron chi connectivity index (χ2n) is 6.39. The van der Waals surface area contributed by atoms with Gasteiger partial charge >= 0.3 is 6.61 Å². The zero-order valence-corrected chi connectivity index (χ0v) is 15.9. The van der Waals surface area contributed by atoms with Crippen LogP contribution in [-0.2, 0) is 4.79 Å². The Bertz CT molecular complexity index is 621. The number of alkyl halides is 2. The molecule has 0 bridgehead atoms. The molecule has 0 N–H and O–H groups in total. The van der Waals surface area contributed by atoms with Crippen LogP contribution in [0.3, 0.4) is 0 Å². The maximum Gasteiger partial charge on any atom is 0.387 e. The predicted molar refractivity (Wildman–Crippen MR) is 98.0 cm³/mol. The molecule has 8 heteroatoms. The molecule has 0 unspecified atom stereocenters. The summed E-state index contributed by atoms with van der Waals surface area (Å²) in [6.45, 7) is 5.31. The minimum Gasteiger partial charge on any atom is -0.435 e. The summed E-state index contributed by atoms with van der Waals surface area (Å²) >= 11 is 0. The Kier molecular flexibility index (Phi) is 7.97. The van der Waals surface area contributed by atoms with Gasteiger partial charge in [-0.05, 0) is 44.5 Å². The summed E-state index contributed by atoms with van der Waals surface area (Å²) in [7, 11) is 0. The maximum atomic E-state index is 12.7. The van der Waals surface area contributed by atoms with Gasteiger partial charge in [0.05, 0.1) is 6.54 Å². The van der Waals surface area contributed by atoms with Crippen LogP contribution >= 0.6 is 0 Å². The molecule has 1 heterocycles. The van der Waals surface area contributed by atoms with Crippen LogP contribution in [0.1, 0.15) is 30.6 Å². The van der Waals surface area contributed by atoms with E-state index in [4.69, 9.17) is 0 Å². The molecule has 2 amide bonds. The van der Waals surface area contributed by atoms with Crippen molar-refractivity contribution in [3.05, 3.63) is 29.8 Å². The normalized spacial score (nSPS) is 15.5. The highest BCUT2D eigenvalue weighted by Gasteiger charge is 2.22. The average Bonchev–Trinajstić information content (AvgIpc) is 2.88. The van der Waals surface area contributed by atoms with E-state index in [9.17, 15) is 18.4 Å². The number of likely N-dealkylation sites (N-methyl/N-ethyl adjacent to an activating group) is 1. The molecule has 1 aliphatic rings. The third kappa shape index (κ3) is 6.16. The lowest BCUT2D eigenvalue weighted by atomic mass is 10.2. The molecule has 0 aliphatic carbocycles. The highest BCUT2D eigenvalue weighted by molar-refractivity contribution is 5.94. The Balaban J connectivity index is 1.91. The highest BCUT2D eigenvalue weighted by Crippen LogP contribution is 2.17. The van der Waals surface area contributed by atoms with Crippen molar-refractivity contribution in [3.8, 4) is 5.75 Å². The molecule has 1 saturated heterocycles. The average molecular weight is 383 g/mol. The molecule has 1 fully saturated rings. The molecule has 0 aromatic heterocycles. The molecular formula is C19H27F2N3O3. The summed E-state index contributed by atoms with van der Waals surface area (Å²) in [5.41, 5.74) is 0.435. The standard InChI is InChI=1S/C19H27F2N3O3/c1-3-23(4-2)17(25)14-22-10-5-11-24(13-12-22)18(26)15-6-8-16(9-7-15)27-19(20)21/h6-9,19H,3-5,10-14H2,1-2H3. The molecule has 0 saturated carbocycles. The van der Waals surface area contributed by atoms with Crippen molar-refractivity contribution >= 4 is 11.8 Å². The third-order valence-corrected chi connectivity index (χ3v) is 4.68. The molecule has 1 aliphatic heterocycles. The largest absolute Gasteiger partial charge is 0.435 e. The van der Waals surface area contributed by atoms with Crippen LogP contribution in [0, 0.1) is 0 Å². The van der Waals surface area contributed by atoms with Crippen molar-refractivity contribution in [2.45, 2.75) is 26.9 Å². The van der Waals surface area contributed by atoms with Gasteiger partial charge < -0.3 is 14.5 Å². The molecular weight excluding hydrogens is 356 g/mol. The highest BCUT2D eigenvalue weighted by atomic mass is 19.3. The van der Waals surface area contributed by atoms with E-state index >= 15 is 0 Å². The number of carbonyl (C=O) groups is 2. The summed E-state index contributed by atoms with van der Waals surface area (Å²) in [6.07, 6.45) is 0.782. The van der Waals surface area contributed by atoms with Gasteiger partial charge in [0, 0.05) is 44.8 Å². The van der Waals surface area contributed by atoms with Gasteiger partial charge in [-0.25, -0.2) is 0 Å². The Morgan fingerprint density at radius 2 is 1.74 bits per heavy atom. The number of ether oxygens (including phenoxy) is 1. The van der Waals surface area contributed by atoms with Crippen molar-refractivity contribution in [2.75, 3.05) is 45.8 Å². The van der Waals surface area contributed by atoms with Gasteiger partial charge in [-0.3, -0.25) is 14.5 Å². The van der Waals surface area contributed by atoms with E-state index in [1.54, 1.807) is 9.80 Å². The lowest BCUT2D eigenvalue weighted by Crippen LogP contribution is -2.42. The van der Waals surface area contributed by atoms with E-state index in [0.717, 1.165) is 13.0 Å². The first-order valence-electron chi connectivity index (χ1n) is 9.28. The number of halogens is 2. The van der Waals surface area contributed by atoms with Crippen LogP contribution < -0.4 is 4.74 Å². The van der Waals surface area contributed by atoms with Crippen molar-refractivity contribution < 1.29 is 23.1 Å². The van der Waals surface area contributed by atoms with Gasteiger partial charge in [0.1, 0.15) is 5.75 Å². The lowest BCUT2D eigenvalue weighted by molar-refractivity contribution is -0.132. The molecule has 150 valence electrons. The van der Waals surface area contributed by atoms with Gasteiger partial charge in [-0.15, -0.1) is 0 Å². The summed E-state index contributed by atoms with van der Waals surface area (Å²) in [6, 6.07) is 5.72.